The zero-order chi connectivity index (χ0) is 21.9. The molecule has 0 aliphatic heterocycles. The first-order valence-electron chi connectivity index (χ1n) is 9.81. The van der Waals surface area contributed by atoms with Crippen molar-refractivity contribution in [3.63, 3.8) is 0 Å². The van der Waals surface area contributed by atoms with Gasteiger partial charge in [0.15, 0.2) is 0 Å². The average molecular weight is 432 g/mol. The minimum atomic E-state index is -4.25. The molecule has 0 atom stereocenters. The van der Waals surface area contributed by atoms with Crippen molar-refractivity contribution < 1.29 is 22.3 Å². The molecule has 3 rings (SSSR count). The van der Waals surface area contributed by atoms with Gasteiger partial charge in [-0.1, -0.05) is 18.9 Å². The molecule has 2 aromatic rings. The van der Waals surface area contributed by atoms with Gasteiger partial charge in [0.05, 0.1) is 4.92 Å². The van der Waals surface area contributed by atoms with E-state index >= 15 is 0 Å². The van der Waals surface area contributed by atoms with Gasteiger partial charge in [-0.15, -0.1) is 0 Å². The number of nitro benzene ring substituents is 1. The Morgan fingerprint density at radius 1 is 1.13 bits per heavy atom. The number of nitrogens with zero attached hydrogens (tertiary/aromatic N) is 2. The van der Waals surface area contributed by atoms with Crippen molar-refractivity contribution in [2.75, 3.05) is 0 Å². The number of hydrogen-bond acceptors (Lipinski definition) is 6. The molecule has 0 N–H and O–H groups in total. The molecule has 30 heavy (non-hydrogen) atoms. The summed E-state index contributed by atoms with van der Waals surface area (Å²) < 4.78 is 30.0. The second-order valence-corrected chi connectivity index (χ2v) is 9.11. The molecule has 160 valence electrons. The van der Waals surface area contributed by atoms with Crippen molar-refractivity contribution in [1.82, 2.24) is 4.90 Å². The predicted octanol–water partition coefficient (Wildman–Crippen LogP) is 4.16. The van der Waals surface area contributed by atoms with E-state index in [1.807, 2.05) is 18.7 Å². The highest BCUT2D eigenvalue weighted by Crippen LogP contribution is 2.28. The lowest BCUT2D eigenvalue weighted by atomic mass is 10.1. The van der Waals surface area contributed by atoms with Crippen LogP contribution in [0.15, 0.2) is 53.4 Å². The summed E-state index contributed by atoms with van der Waals surface area (Å²) in [5, 5.41) is 10.9. The third kappa shape index (κ3) is 4.79. The molecule has 1 saturated carbocycles. The summed E-state index contributed by atoms with van der Waals surface area (Å²) in [6.07, 6.45) is 4.21. The molecule has 9 heteroatoms. The van der Waals surface area contributed by atoms with Crippen molar-refractivity contribution in [3.05, 3.63) is 64.2 Å². The average Bonchev–Trinajstić information content (AvgIpc) is 3.22. The minimum Gasteiger partial charge on any atom is -0.379 e. The number of rotatable bonds is 7. The van der Waals surface area contributed by atoms with Crippen LogP contribution in [0.4, 0.5) is 5.69 Å². The van der Waals surface area contributed by atoms with E-state index in [1.54, 1.807) is 0 Å². The number of amides is 1. The molecule has 1 aliphatic rings. The maximum Gasteiger partial charge on any atom is 0.339 e. The summed E-state index contributed by atoms with van der Waals surface area (Å²) in [6.45, 7) is 3.97. The molecule has 8 nitrogen and oxygen atoms in total. The van der Waals surface area contributed by atoms with E-state index in [-0.39, 0.29) is 34.3 Å². The zero-order valence-electron chi connectivity index (χ0n) is 16.9. The van der Waals surface area contributed by atoms with Crippen LogP contribution in [0, 0.1) is 10.1 Å². The molecule has 0 radical (unpaired) electrons. The maximum atomic E-state index is 13.0. The van der Waals surface area contributed by atoms with E-state index in [2.05, 4.69) is 0 Å². The second kappa shape index (κ2) is 8.83. The van der Waals surface area contributed by atoms with Gasteiger partial charge < -0.3 is 9.08 Å². The standard InChI is InChI=1S/C21H24N2O6S/c1-15(2)22(17-6-3-4-7-17)21(24)16-10-12-19(13-11-16)29-30(27,28)20-9-5-8-18(14-20)23(25)26/h5,8-15,17H,3-4,6-7H2,1-2H3. The van der Waals surface area contributed by atoms with Gasteiger partial charge in [0.1, 0.15) is 10.6 Å². The van der Waals surface area contributed by atoms with Gasteiger partial charge in [0.25, 0.3) is 11.6 Å². The largest absolute Gasteiger partial charge is 0.379 e. The molecule has 1 aliphatic carbocycles. The van der Waals surface area contributed by atoms with E-state index in [1.165, 1.54) is 42.5 Å². The molecule has 0 aromatic heterocycles. The van der Waals surface area contributed by atoms with Crippen LogP contribution in [0.25, 0.3) is 0 Å². The quantitative estimate of drug-likeness (QED) is 0.369. The molecule has 1 fully saturated rings. The van der Waals surface area contributed by atoms with Gasteiger partial charge in [-0.2, -0.15) is 8.42 Å². The Morgan fingerprint density at radius 3 is 2.33 bits per heavy atom. The Balaban J connectivity index is 1.77. The lowest BCUT2D eigenvalue weighted by molar-refractivity contribution is -0.385. The van der Waals surface area contributed by atoms with E-state index in [0.29, 0.717) is 5.56 Å². The van der Waals surface area contributed by atoms with Gasteiger partial charge in [-0.25, -0.2) is 0 Å². The molecular formula is C21H24N2O6S. The Labute approximate surface area is 175 Å². The highest BCUT2D eigenvalue weighted by Gasteiger charge is 2.29. The fourth-order valence-corrected chi connectivity index (χ4v) is 4.70. The summed E-state index contributed by atoms with van der Waals surface area (Å²) in [5.41, 5.74) is 0.108. The first-order valence-corrected chi connectivity index (χ1v) is 11.2. The van der Waals surface area contributed by atoms with E-state index in [9.17, 15) is 23.3 Å². The van der Waals surface area contributed by atoms with E-state index in [0.717, 1.165) is 31.7 Å². The Kier molecular flexibility index (Phi) is 6.40. The predicted molar refractivity (Wildman–Crippen MR) is 111 cm³/mol. The summed E-state index contributed by atoms with van der Waals surface area (Å²) in [4.78, 5) is 24.8. The number of benzene rings is 2. The van der Waals surface area contributed by atoms with Crippen LogP contribution in [0.3, 0.4) is 0 Å². The topological polar surface area (TPSA) is 107 Å². The SMILES string of the molecule is CC(C)N(C(=O)c1ccc(OS(=O)(=O)c2cccc([N+](=O)[O-])c2)cc1)C1CCCC1. The fourth-order valence-electron chi connectivity index (χ4n) is 3.73. The minimum absolute atomic E-state index is 0.0232. The molecule has 1 amide bonds. The van der Waals surface area contributed by atoms with Gasteiger partial charge in [-0.3, -0.25) is 14.9 Å². The summed E-state index contributed by atoms with van der Waals surface area (Å²) in [6, 6.07) is 10.8. The van der Waals surface area contributed by atoms with Crippen LogP contribution in [0.5, 0.6) is 5.75 Å². The second-order valence-electron chi connectivity index (χ2n) is 7.56. The highest BCUT2D eigenvalue weighted by molar-refractivity contribution is 7.87. The van der Waals surface area contributed by atoms with Gasteiger partial charge >= 0.3 is 10.1 Å². The summed E-state index contributed by atoms with van der Waals surface area (Å²) in [5.74, 6) is -0.0694. The van der Waals surface area contributed by atoms with Crippen LogP contribution in [-0.4, -0.2) is 36.2 Å². The number of carbonyl (C=O) groups excluding carboxylic acids is 1. The lowest BCUT2D eigenvalue weighted by Crippen LogP contribution is -2.43. The van der Waals surface area contributed by atoms with Gasteiger partial charge in [0.2, 0.25) is 0 Å². The maximum absolute atomic E-state index is 13.0. The zero-order valence-corrected chi connectivity index (χ0v) is 17.7. The third-order valence-corrected chi connectivity index (χ3v) is 6.38. The van der Waals surface area contributed by atoms with Crippen LogP contribution < -0.4 is 4.18 Å². The first-order chi connectivity index (χ1) is 14.2. The smallest absolute Gasteiger partial charge is 0.339 e. The van der Waals surface area contributed by atoms with Crippen molar-refractivity contribution >= 4 is 21.7 Å². The molecular weight excluding hydrogens is 408 g/mol. The highest BCUT2D eigenvalue weighted by atomic mass is 32.2. The fraction of sp³-hybridized carbons (Fsp3) is 0.381. The van der Waals surface area contributed by atoms with Crippen molar-refractivity contribution in [2.45, 2.75) is 56.5 Å². The summed E-state index contributed by atoms with van der Waals surface area (Å²) in [7, 11) is -4.25. The molecule has 0 bridgehead atoms. The number of non-ortho nitro benzene ring substituents is 1. The Bertz CT molecular complexity index is 1030. The number of hydrogen-bond donors (Lipinski definition) is 0. The van der Waals surface area contributed by atoms with Crippen LogP contribution in [-0.2, 0) is 10.1 Å². The number of carbonyl (C=O) groups is 1. The van der Waals surface area contributed by atoms with E-state index < -0.39 is 15.0 Å². The van der Waals surface area contributed by atoms with Crippen LogP contribution in [0.2, 0.25) is 0 Å². The molecule has 0 saturated heterocycles. The van der Waals surface area contributed by atoms with Gasteiger partial charge in [-0.05, 0) is 57.0 Å². The normalized spacial score (nSPS) is 14.6. The third-order valence-electron chi connectivity index (χ3n) is 5.13. The Hall–Kier alpha value is -2.94. The molecule has 0 heterocycles. The van der Waals surface area contributed by atoms with Crippen molar-refractivity contribution in [1.29, 1.82) is 0 Å². The molecule has 0 spiro atoms. The van der Waals surface area contributed by atoms with E-state index in [4.69, 9.17) is 4.18 Å². The van der Waals surface area contributed by atoms with Crippen LogP contribution in [0.1, 0.15) is 49.9 Å². The summed E-state index contributed by atoms with van der Waals surface area (Å²) >= 11 is 0. The monoisotopic (exact) mass is 432 g/mol. The van der Waals surface area contributed by atoms with Crippen molar-refractivity contribution in [2.24, 2.45) is 0 Å². The van der Waals surface area contributed by atoms with Crippen LogP contribution >= 0.6 is 0 Å². The van der Waals surface area contributed by atoms with Crippen molar-refractivity contribution in [3.8, 4) is 5.75 Å². The molecule has 2 aromatic carbocycles. The molecule has 0 unspecified atom stereocenters. The number of nitro groups is 1. The van der Waals surface area contributed by atoms with Gasteiger partial charge in [0, 0.05) is 29.8 Å². The Morgan fingerprint density at radius 2 is 1.77 bits per heavy atom. The lowest BCUT2D eigenvalue weighted by Gasteiger charge is -2.33. The first kappa shape index (κ1) is 21.8.